The Labute approximate surface area is 172 Å². The maximum Gasteiger partial charge on any atom is 0.331 e. The number of likely N-dealkylation sites (N-methyl/N-ethyl adjacent to an activating group) is 1. The molecule has 0 bridgehead atoms. The second-order valence-corrected chi connectivity index (χ2v) is 7.72. The van der Waals surface area contributed by atoms with Crippen LogP contribution in [0.4, 0.5) is 4.79 Å². The molecule has 4 amide bonds. The van der Waals surface area contributed by atoms with Gasteiger partial charge in [0.25, 0.3) is 11.8 Å². The molecular weight excluding hydrogens is 422 g/mol. The lowest BCUT2D eigenvalue weighted by Gasteiger charge is -2.24. The zero-order chi connectivity index (χ0) is 20.7. The summed E-state index contributed by atoms with van der Waals surface area (Å²) >= 11 is 3.59. The molecule has 1 saturated heterocycles. The van der Waals surface area contributed by atoms with Crippen LogP contribution in [0.5, 0.6) is 0 Å². The van der Waals surface area contributed by atoms with Gasteiger partial charge in [-0.05, 0) is 75.6 Å². The second-order valence-electron chi connectivity index (χ2n) is 6.92. The van der Waals surface area contributed by atoms with Gasteiger partial charge in [-0.1, -0.05) is 15.9 Å². The first kappa shape index (κ1) is 20.1. The molecule has 28 heavy (non-hydrogen) atoms. The van der Waals surface area contributed by atoms with E-state index in [0.717, 1.165) is 43.1 Å². The maximum absolute atomic E-state index is 12.5. The summed E-state index contributed by atoms with van der Waals surface area (Å²) in [6, 6.07) is 5.43. The van der Waals surface area contributed by atoms with Crippen molar-refractivity contribution < 1.29 is 14.4 Å². The van der Waals surface area contributed by atoms with Crippen molar-refractivity contribution in [2.75, 3.05) is 6.54 Å². The fourth-order valence-electron chi connectivity index (χ4n) is 3.52. The van der Waals surface area contributed by atoms with Crippen molar-refractivity contribution in [1.82, 2.24) is 14.8 Å². The number of hydrogen-bond donors (Lipinski definition) is 1. The molecule has 1 aromatic carbocycles. The van der Waals surface area contributed by atoms with Crippen LogP contribution in [0.2, 0.25) is 0 Å². The van der Waals surface area contributed by atoms with E-state index in [1.165, 1.54) is 0 Å². The molecule has 2 aromatic rings. The molecule has 1 aliphatic rings. The number of nitrogens with zero attached hydrogens (tertiary/aromatic N) is 2. The highest BCUT2D eigenvalue weighted by Gasteiger charge is 2.34. The molecule has 6 nitrogen and oxygen atoms in total. The van der Waals surface area contributed by atoms with E-state index in [1.54, 1.807) is 13.0 Å². The van der Waals surface area contributed by atoms with Gasteiger partial charge in [-0.25, -0.2) is 4.79 Å². The average Bonchev–Trinajstić information content (AvgIpc) is 2.89. The smallest absolute Gasteiger partial charge is 0.318 e. The largest absolute Gasteiger partial charge is 0.331 e. The molecule has 1 aliphatic heterocycles. The Morgan fingerprint density at radius 3 is 2.21 bits per heavy atom. The SMILES string of the molecule is CCN1C(=O)NC(=O)/C(=C\c2cc(C)n(-c3cc(C)c(Br)c(C)c3)c2C)C1=O. The van der Waals surface area contributed by atoms with Crippen LogP contribution in [0.25, 0.3) is 11.8 Å². The normalized spacial score (nSPS) is 16.1. The molecule has 146 valence electrons. The molecule has 0 saturated carbocycles. The summed E-state index contributed by atoms with van der Waals surface area (Å²) < 4.78 is 3.17. The topological polar surface area (TPSA) is 71.4 Å². The van der Waals surface area contributed by atoms with Gasteiger partial charge in [-0.3, -0.25) is 19.8 Å². The molecule has 0 spiro atoms. The number of rotatable bonds is 3. The minimum atomic E-state index is -0.680. The van der Waals surface area contributed by atoms with Crippen LogP contribution in [0.1, 0.15) is 35.0 Å². The third-order valence-electron chi connectivity index (χ3n) is 4.95. The van der Waals surface area contributed by atoms with E-state index in [1.807, 2.05) is 33.8 Å². The van der Waals surface area contributed by atoms with Gasteiger partial charge in [-0.15, -0.1) is 0 Å². The number of amides is 4. The van der Waals surface area contributed by atoms with E-state index in [-0.39, 0.29) is 12.1 Å². The standard InChI is InChI=1S/C21H22BrN3O3/c1-6-24-20(27)17(19(26)23-21(24)28)10-15-9-13(4)25(14(15)5)16-7-11(2)18(22)12(3)8-16/h7-10H,6H2,1-5H3,(H,23,26,28)/b17-10+. The van der Waals surface area contributed by atoms with Gasteiger partial charge >= 0.3 is 6.03 Å². The summed E-state index contributed by atoms with van der Waals surface area (Å²) in [5.74, 6) is -1.24. The molecule has 0 atom stereocenters. The van der Waals surface area contributed by atoms with Gasteiger partial charge in [0.1, 0.15) is 5.57 Å². The molecule has 3 rings (SSSR count). The highest BCUT2D eigenvalue weighted by molar-refractivity contribution is 9.10. The highest BCUT2D eigenvalue weighted by Crippen LogP contribution is 2.28. The zero-order valence-corrected chi connectivity index (χ0v) is 18.1. The fourth-order valence-corrected chi connectivity index (χ4v) is 3.75. The number of carbonyl (C=O) groups is 3. The third kappa shape index (κ3) is 3.30. The summed E-state index contributed by atoms with van der Waals surface area (Å²) in [5, 5.41) is 2.22. The number of benzene rings is 1. The zero-order valence-electron chi connectivity index (χ0n) is 16.5. The Kier molecular flexibility index (Phi) is 5.30. The Balaban J connectivity index is 2.10. The molecule has 1 aromatic heterocycles. The van der Waals surface area contributed by atoms with Crippen molar-refractivity contribution in [3.63, 3.8) is 0 Å². The van der Waals surface area contributed by atoms with Gasteiger partial charge in [0.05, 0.1) is 0 Å². The summed E-state index contributed by atoms with van der Waals surface area (Å²) in [6.45, 7) is 9.89. The van der Waals surface area contributed by atoms with Crippen molar-refractivity contribution in [3.05, 3.63) is 56.3 Å². The van der Waals surface area contributed by atoms with Crippen molar-refractivity contribution in [1.29, 1.82) is 0 Å². The van der Waals surface area contributed by atoms with Crippen molar-refractivity contribution in [2.45, 2.75) is 34.6 Å². The predicted octanol–water partition coefficient (Wildman–Crippen LogP) is 3.96. The van der Waals surface area contributed by atoms with Crippen molar-refractivity contribution >= 4 is 39.9 Å². The maximum atomic E-state index is 12.5. The lowest BCUT2D eigenvalue weighted by Crippen LogP contribution is -2.53. The lowest BCUT2D eigenvalue weighted by molar-refractivity contribution is -0.129. The Bertz CT molecular complexity index is 1030. The average molecular weight is 444 g/mol. The van der Waals surface area contributed by atoms with Gasteiger partial charge in [0.2, 0.25) is 0 Å². The van der Waals surface area contributed by atoms with E-state index < -0.39 is 17.8 Å². The Morgan fingerprint density at radius 1 is 1.04 bits per heavy atom. The van der Waals surface area contributed by atoms with Crippen molar-refractivity contribution in [3.8, 4) is 5.69 Å². The summed E-state index contributed by atoms with van der Waals surface area (Å²) in [5.41, 5.74) is 5.89. The van der Waals surface area contributed by atoms with Crippen molar-refractivity contribution in [2.24, 2.45) is 0 Å². The number of carbonyl (C=O) groups excluding carboxylic acids is 3. The van der Waals surface area contributed by atoms with Crippen LogP contribution in [0, 0.1) is 27.7 Å². The minimum Gasteiger partial charge on any atom is -0.318 e. The third-order valence-corrected chi connectivity index (χ3v) is 6.20. The number of imide groups is 2. The van der Waals surface area contributed by atoms with Gasteiger partial charge in [0.15, 0.2) is 0 Å². The lowest BCUT2D eigenvalue weighted by atomic mass is 10.1. The quantitative estimate of drug-likeness (QED) is 0.576. The van der Waals surface area contributed by atoms with E-state index >= 15 is 0 Å². The number of aryl methyl sites for hydroxylation is 3. The van der Waals surface area contributed by atoms with Crippen LogP contribution in [-0.2, 0) is 9.59 Å². The number of barbiturate groups is 1. The first-order valence-corrected chi connectivity index (χ1v) is 9.80. The molecule has 2 heterocycles. The monoisotopic (exact) mass is 443 g/mol. The fraction of sp³-hybridized carbons (Fsp3) is 0.286. The number of hydrogen-bond acceptors (Lipinski definition) is 3. The molecule has 0 aliphatic carbocycles. The molecule has 0 unspecified atom stereocenters. The van der Waals surface area contributed by atoms with Crippen LogP contribution < -0.4 is 5.32 Å². The number of nitrogens with one attached hydrogen (secondary N) is 1. The molecule has 1 N–H and O–H groups in total. The summed E-state index contributed by atoms with van der Waals surface area (Å²) in [4.78, 5) is 37.6. The Hall–Kier alpha value is -2.67. The van der Waals surface area contributed by atoms with Crippen LogP contribution in [-0.4, -0.2) is 33.9 Å². The molecule has 1 fully saturated rings. The second kappa shape index (κ2) is 7.39. The van der Waals surface area contributed by atoms with E-state index in [4.69, 9.17) is 0 Å². The summed E-state index contributed by atoms with van der Waals surface area (Å²) in [7, 11) is 0. The van der Waals surface area contributed by atoms with Gasteiger partial charge in [0, 0.05) is 28.1 Å². The van der Waals surface area contributed by atoms with Gasteiger partial charge in [-0.2, -0.15) is 0 Å². The number of urea groups is 1. The van der Waals surface area contributed by atoms with Crippen LogP contribution in [0.3, 0.4) is 0 Å². The van der Waals surface area contributed by atoms with E-state index in [9.17, 15) is 14.4 Å². The summed E-state index contributed by atoms with van der Waals surface area (Å²) in [6.07, 6.45) is 1.56. The van der Waals surface area contributed by atoms with E-state index in [0.29, 0.717) is 0 Å². The first-order valence-electron chi connectivity index (χ1n) is 9.00. The predicted molar refractivity (Wildman–Crippen MR) is 111 cm³/mol. The Morgan fingerprint density at radius 2 is 1.64 bits per heavy atom. The number of halogens is 1. The van der Waals surface area contributed by atoms with Crippen LogP contribution in [0.15, 0.2) is 28.2 Å². The first-order chi connectivity index (χ1) is 13.1. The van der Waals surface area contributed by atoms with Gasteiger partial charge < -0.3 is 4.57 Å². The van der Waals surface area contributed by atoms with E-state index in [2.05, 4.69) is 37.9 Å². The molecular formula is C21H22BrN3O3. The molecule has 7 heteroatoms. The minimum absolute atomic E-state index is 0.0372. The molecule has 0 radical (unpaired) electrons. The van der Waals surface area contributed by atoms with Crippen LogP contribution >= 0.6 is 15.9 Å². The number of aromatic nitrogens is 1. The highest BCUT2D eigenvalue weighted by atomic mass is 79.9.